The molecule has 1 aromatic carbocycles. The predicted octanol–water partition coefficient (Wildman–Crippen LogP) is 4.36. The van der Waals surface area contributed by atoms with Gasteiger partial charge in [-0.15, -0.1) is 0 Å². The van der Waals surface area contributed by atoms with Crippen molar-refractivity contribution in [1.82, 2.24) is 0 Å². The Morgan fingerprint density at radius 2 is 1.22 bits per heavy atom. The summed E-state index contributed by atoms with van der Waals surface area (Å²) in [6.45, 7) is 0.134. The van der Waals surface area contributed by atoms with Gasteiger partial charge in [-0.25, -0.2) is 8.78 Å². The monoisotopic (exact) mass is 415 g/mol. The van der Waals surface area contributed by atoms with Gasteiger partial charge >= 0.3 is 0 Å². The minimum atomic E-state index is -1.73. The van der Waals surface area contributed by atoms with E-state index in [0.29, 0.717) is 6.42 Å². The minimum absolute atomic E-state index is 0.0874. The molecule has 0 spiro atoms. The Balaban J connectivity index is 2.34. The van der Waals surface area contributed by atoms with Crippen molar-refractivity contribution in [2.75, 3.05) is 13.2 Å². The van der Waals surface area contributed by atoms with Crippen LogP contribution in [0.4, 0.5) is 17.6 Å². The molecular weight excluding hydrogens is 392 g/mol. The molecular formula is C17H23F4O5S-. The molecule has 1 N–H and O–H groups in total. The van der Waals surface area contributed by atoms with E-state index in [9.17, 15) is 22.8 Å². The summed E-state index contributed by atoms with van der Waals surface area (Å²) in [5.74, 6) is -8.00. The zero-order chi connectivity index (χ0) is 20.1. The maximum atomic E-state index is 13.8. The normalized spacial score (nSPS) is 11.2. The molecule has 0 atom stereocenters. The van der Waals surface area contributed by atoms with Crippen LogP contribution in [0.15, 0.2) is 4.90 Å². The van der Waals surface area contributed by atoms with E-state index in [-0.39, 0.29) is 25.3 Å². The molecule has 0 aliphatic heterocycles. The Morgan fingerprint density at radius 3 is 1.70 bits per heavy atom. The molecule has 0 unspecified atom stereocenters. The van der Waals surface area contributed by atoms with E-state index < -0.39 is 33.9 Å². The van der Waals surface area contributed by atoms with E-state index in [1.54, 1.807) is 0 Å². The van der Waals surface area contributed by atoms with Gasteiger partial charge in [0, 0.05) is 6.61 Å². The smallest absolute Gasteiger partial charge is 0.205 e. The van der Waals surface area contributed by atoms with Crippen LogP contribution in [0, 0.1) is 23.3 Å². The van der Waals surface area contributed by atoms with Crippen LogP contribution in [0.5, 0.6) is 5.75 Å². The van der Waals surface area contributed by atoms with Crippen molar-refractivity contribution in [2.45, 2.75) is 62.7 Å². The van der Waals surface area contributed by atoms with E-state index >= 15 is 0 Å². The van der Waals surface area contributed by atoms with Gasteiger partial charge in [-0.1, -0.05) is 44.9 Å². The Morgan fingerprint density at radius 1 is 0.741 bits per heavy atom. The molecule has 0 amide bonds. The predicted molar refractivity (Wildman–Crippen MR) is 88.4 cm³/mol. The largest absolute Gasteiger partial charge is 0.691 e. The van der Waals surface area contributed by atoms with Crippen LogP contribution < -0.4 is 9.99 Å². The maximum absolute atomic E-state index is 13.8. The first-order chi connectivity index (χ1) is 13.0. The van der Waals surface area contributed by atoms with Gasteiger partial charge in [-0.3, -0.25) is 5.04 Å². The molecule has 156 valence electrons. The van der Waals surface area contributed by atoms with Crippen molar-refractivity contribution in [3.05, 3.63) is 23.3 Å². The lowest BCUT2D eigenvalue weighted by atomic mass is 10.1. The number of hydrogen-bond acceptors (Lipinski definition) is 6. The van der Waals surface area contributed by atoms with Crippen LogP contribution in [0.3, 0.4) is 0 Å². The highest BCUT2D eigenvalue weighted by molar-refractivity contribution is 7.94. The van der Waals surface area contributed by atoms with Gasteiger partial charge in [0.25, 0.3) is 0 Å². The molecule has 10 heteroatoms. The van der Waals surface area contributed by atoms with Crippen LogP contribution in [0.1, 0.15) is 57.8 Å². The minimum Gasteiger partial charge on any atom is -0.691 e. The van der Waals surface area contributed by atoms with Crippen LogP contribution in [-0.2, 0) is 9.37 Å². The molecule has 0 heterocycles. The lowest BCUT2D eigenvalue weighted by Crippen LogP contribution is -2.08. The first kappa shape index (κ1) is 24.0. The number of ether oxygens (including phenoxy) is 1. The third-order valence-electron chi connectivity index (χ3n) is 3.88. The average molecular weight is 415 g/mol. The molecule has 5 nitrogen and oxygen atoms in total. The molecule has 0 saturated carbocycles. The summed E-state index contributed by atoms with van der Waals surface area (Å²) in [7, 11) is 0. The Bertz CT molecular complexity index is 534. The van der Waals surface area contributed by atoms with E-state index in [2.05, 4.69) is 9.37 Å². The molecule has 27 heavy (non-hydrogen) atoms. The zero-order valence-corrected chi connectivity index (χ0v) is 15.6. The van der Waals surface area contributed by atoms with Crippen LogP contribution in [-0.4, -0.2) is 18.3 Å². The quantitative estimate of drug-likeness (QED) is 0.115. The van der Waals surface area contributed by atoms with Crippen molar-refractivity contribution in [2.24, 2.45) is 0 Å². The van der Waals surface area contributed by atoms with E-state index in [1.807, 2.05) is 0 Å². The summed E-state index contributed by atoms with van der Waals surface area (Å²) in [6.07, 6.45) is 8.26. The lowest BCUT2D eigenvalue weighted by Gasteiger charge is -2.12. The van der Waals surface area contributed by atoms with Crippen molar-refractivity contribution in [3.63, 3.8) is 0 Å². The third kappa shape index (κ3) is 8.22. The molecule has 0 aliphatic rings. The lowest BCUT2D eigenvalue weighted by molar-refractivity contribution is -0.777. The number of unbranched alkanes of at least 4 members (excludes halogenated alkanes) is 8. The molecule has 1 rings (SSSR count). The number of aliphatic hydroxyl groups excluding tert-OH is 1. The summed E-state index contributed by atoms with van der Waals surface area (Å²) in [5, 5.41) is 21.2. The van der Waals surface area contributed by atoms with E-state index in [0.717, 1.165) is 51.4 Å². The van der Waals surface area contributed by atoms with Crippen molar-refractivity contribution in [1.29, 1.82) is 0 Å². The standard InChI is InChI=1S/C17H24F4O5S/c18-12-14(20)17(27-26-25-23)15(21)13(19)16(12)24-11-9-7-5-3-1-2-4-6-8-10-22/h22-23H,1-11H2/p-1. The summed E-state index contributed by atoms with van der Waals surface area (Å²) >= 11 is -0.276. The summed E-state index contributed by atoms with van der Waals surface area (Å²) in [4.78, 5) is -1.17. The van der Waals surface area contributed by atoms with Gasteiger partial charge in [0.1, 0.15) is 4.90 Å². The Labute approximate surface area is 159 Å². The second kappa shape index (κ2) is 14.0. The fraction of sp³-hybridized carbons (Fsp3) is 0.647. The van der Waals surface area contributed by atoms with Crippen molar-refractivity contribution < 1.29 is 42.0 Å². The molecule has 0 bridgehead atoms. The van der Waals surface area contributed by atoms with Crippen LogP contribution in [0.25, 0.3) is 0 Å². The number of halogens is 4. The van der Waals surface area contributed by atoms with Gasteiger partial charge in [0.05, 0.1) is 18.6 Å². The third-order valence-corrected chi connectivity index (χ3v) is 4.53. The molecule has 0 aliphatic carbocycles. The summed E-state index contributed by atoms with van der Waals surface area (Å²) in [5.41, 5.74) is 0. The van der Waals surface area contributed by atoms with E-state index in [1.165, 1.54) is 0 Å². The maximum Gasteiger partial charge on any atom is 0.205 e. The second-order valence-electron chi connectivity index (χ2n) is 5.89. The molecule has 0 saturated heterocycles. The first-order valence-electron chi connectivity index (χ1n) is 8.77. The van der Waals surface area contributed by atoms with Gasteiger partial charge in [-0.05, 0) is 12.8 Å². The number of aliphatic hydroxyl groups is 1. The Hall–Kier alpha value is -1.07. The molecule has 1 aromatic rings. The topological polar surface area (TPSA) is 71.0 Å². The summed E-state index contributed by atoms with van der Waals surface area (Å²) < 4.78 is 63.6. The number of hydrogen-bond donors (Lipinski definition) is 1. The van der Waals surface area contributed by atoms with Crippen LogP contribution in [0.2, 0.25) is 0 Å². The van der Waals surface area contributed by atoms with E-state index in [4.69, 9.17) is 9.84 Å². The van der Waals surface area contributed by atoms with Crippen molar-refractivity contribution in [3.8, 4) is 5.75 Å². The first-order valence-corrected chi connectivity index (χ1v) is 9.51. The highest BCUT2D eigenvalue weighted by atomic mass is 32.2. The summed E-state index contributed by atoms with van der Waals surface area (Å²) in [6, 6.07) is 0. The van der Waals surface area contributed by atoms with Gasteiger partial charge in [0.2, 0.25) is 11.6 Å². The van der Waals surface area contributed by atoms with Gasteiger partial charge in [-0.2, -0.15) is 13.1 Å². The fourth-order valence-electron chi connectivity index (χ4n) is 2.46. The average Bonchev–Trinajstić information content (AvgIpc) is 2.67. The molecule has 0 radical (unpaired) electrons. The van der Waals surface area contributed by atoms with Gasteiger partial charge in [0.15, 0.2) is 17.4 Å². The van der Waals surface area contributed by atoms with Crippen molar-refractivity contribution >= 4 is 12.0 Å². The molecule has 0 aromatic heterocycles. The number of benzene rings is 1. The van der Waals surface area contributed by atoms with Crippen LogP contribution >= 0.6 is 12.0 Å². The zero-order valence-electron chi connectivity index (χ0n) is 14.8. The Kier molecular flexibility index (Phi) is 12.4. The highest BCUT2D eigenvalue weighted by Gasteiger charge is 2.27. The fourth-order valence-corrected chi connectivity index (χ4v) is 2.89. The van der Waals surface area contributed by atoms with Gasteiger partial charge < -0.3 is 15.1 Å². The second-order valence-corrected chi connectivity index (χ2v) is 6.60. The highest BCUT2D eigenvalue weighted by Crippen LogP contribution is 2.35. The number of rotatable bonds is 15. The SMILES string of the molecule is [O-]OOSc1c(F)c(F)c(OCCCCCCCCCCCO)c(F)c1F. The molecule has 0 fully saturated rings.